The Morgan fingerprint density at radius 2 is 2.06 bits per heavy atom. The van der Waals surface area contributed by atoms with Gasteiger partial charge in [0.1, 0.15) is 6.29 Å². The van der Waals surface area contributed by atoms with Crippen molar-refractivity contribution in [1.29, 1.82) is 0 Å². The highest BCUT2D eigenvalue weighted by Crippen LogP contribution is 2.23. The number of carbonyl (C=O) groups is 1. The Balaban J connectivity index is 2.16. The number of fused-ring (bicyclic) bond motifs is 1. The fourth-order valence-electron chi connectivity index (χ4n) is 2.19. The topological polar surface area (TPSA) is 32.9 Å². The molecule has 1 heterocycles. The molecule has 0 saturated carbocycles. The second-order valence-electron chi connectivity index (χ2n) is 4.19. The molecule has 2 heteroatoms. The van der Waals surface area contributed by atoms with Crippen molar-refractivity contribution in [3.8, 4) is 0 Å². The van der Waals surface area contributed by atoms with Gasteiger partial charge < -0.3 is 9.78 Å². The van der Waals surface area contributed by atoms with Crippen LogP contribution in [0.5, 0.6) is 0 Å². The minimum atomic E-state index is 0.682. The molecule has 1 N–H and O–H groups in total. The Morgan fingerprint density at radius 1 is 1.25 bits per heavy atom. The lowest BCUT2D eigenvalue weighted by Crippen LogP contribution is -1.88. The first-order chi connectivity index (χ1) is 7.83. The Morgan fingerprint density at radius 3 is 2.88 bits per heavy atom. The summed E-state index contributed by atoms with van der Waals surface area (Å²) in [4.78, 5) is 13.6. The molecule has 0 aliphatic carbocycles. The molecule has 0 radical (unpaired) electrons. The normalized spacial score (nSPS) is 10.8. The van der Waals surface area contributed by atoms with Crippen molar-refractivity contribution in [2.24, 2.45) is 0 Å². The minimum absolute atomic E-state index is 0.682. The van der Waals surface area contributed by atoms with Crippen LogP contribution in [0.25, 0.3) is 10.9 Å². The summed E-state index contributed by atoms with van der Waals surface area (Å²) in [6.07, 6.45) is 4.82. The lowest BCUT2D eigenvalue weighted by Gasteiger charge is -2.00. The molecule has 0 unspecified atom stereocenters. The van der Waals surface area contributed by atoms with Crippen LogP contribution in [0.4, 0.5) is 0 Å². The Kier molecular flexibility index (Phi) is 3.40. The standard InChI is InChI=1S/C14H17NO/c1-11-12(7-3-2-6-10-16)13-8-4-5-9-14(13)15-11/h4-5,8-10,15H,2-3,6-7H2,1H3. The summed E-state index contributed by atoms with van der Waals surface area (Å²) in [6.45, 7) is 2.12. The average molecular weight is 215 g/mol. The number of hydrogen-bond acceptors (Lipinski definition) is 1. The molecule has 16 heavy (non-hydrogen) atoms. The van der Waals surface area contributed by atoms with E-state index in [1.807, 2.05) is 0 Å². The maximum atomic E-state index is 10.2. The van der Waals surface area contributed by atoms with Gasteiger partial charge in [0.2, 0.25) is 0 Å². The summed E-state index contributed by atoms with van der Waals surface area (Å²) < 4.78 is 0. The highest BCUT2D eigenvalue weighted by atomic mass is 16.1. The Labute approximate surface area is 95.7 Å². The van der Waals surface area contributed by atoms with Crippen LogP contribution in [-0.4, -0.2) is 11.3 Å². The number of hydrogen-bond donors (Lipinski definition) is 1. The lowest BCUT2D eigenvalue weighted by molar-refractivity contribution is -0.107. The highest BCUT2D eigenvalue weighted by Gasteiger charge is 2.06. The van der Waals surface area contributed by atoms with Crippen molar-refractivity contribution in [2.45, 2.75) is 32.6 Å². The van der Waals surface area contributed by atoms with Crippen molar-refractivity contribution in [1.82, 2.24) is 4.98 Å². The van der Waals surface area contributed by atoms with Crippen molar-refractivity contribution < 1.29 is 4.79 Å². The molecule has 84 valence electrons. The number of aromatic nitrogens is 1. The molecule has 2 aromatic rings. The zero-order valence-corrected chi connectivity index (χ0v) is 9.62. The van der Waals surface area contributed by atoms with Crippen molar-refractivity contribution in [2.75, 3.05) is 0 Å². The van der Waals surface area contributed by atoms with Gasteiger partial charge >= 0.3 is 0 Å². The molecule has 0 atom stereocenters. The van der Waals surface area contributed by atoms with Gasteiger partial charge in [-0.15, -0.1) is 0 Å². The van der Waals surface area contributed by atoms with E-state index in [4.69, 9.17) is 0 Å². The van der Waals surface area contributed by atoms with Crippen LogP contribution >= 0.6 is 0 Å². The van der Waals surface area contributed by atoms with Crippen LogP contribution in [0.2, 0.25) is 0 Å². The molecule has 0 aliphatic rings. The van der Waals surface area contributed by atoms with Crippen molar-refractivity contribution in [3.05, 3.63) is 35.5 Å². The summed E-state index contributed by atoms with van der Waals surface area (Å²) in [5.41, 5.74) is 3.87. The van der Waals surface area contributed by atoms with E-state index in [0.717, 1.165) is 25.5 Å². The van der Waals surface area contributed by atoms with E-state index in [9.17, 15) is 4.79 Å². The molecule has 2 nitrogen and oxygen atoms in total. The number of nitrogens with one attached hydrogen (secondary N) is 1. The minimum Gasteiger partial charge on any atom is -0.358 e. The number of benzene rings is 1. The van der Waals surface area contributed by atoms with Crippen molar-refractivity contribution >= 4 is 17.2 Å². The quantitative estimate of drug-likeness (QED) is 0.602. The van der Waals surface area contributed by atoms with Gasteiger partial charge in [0.25, 0.3) is 0 Å². The molecule has 0 saturated heterocycles. The number of H-pyrrole nitrogens is 1. The summed E-state index contributed by atoms with van der Waals surface area (Å²) in [6, 6.07) is 8.39. The van der Waals surface area contributed by atoms with Crippen molar-refractivity contribution in [3.63, 3.8) is 0 Å². The second-order valence-corrected chi connectivity index (χ2v) is 4.19. The first-order valence-corrected chi connectivity index (χ1v) is 5.82. The van der Waals surface area contributed by atoms with Crippen LogP contribution in [0, 0.1) is 6.92 Å². The molecule has 1 aromatic heterocycles. The molecule has 0 bridgehead atoms. The number of aryl methyl sites for hydroxylation is 2. The van der Waals surface area contributed by atoms with Gasteiger partial charge in [-0.05, 0) is 37.8 Å². The number of aromatic amines is 1. The van der Waals surface area contributed by atoms with E-state index in [-0.39, 0.29) is 0 Å². The lowest BCUT2D eigenvalue weighted by atomic mass is 10.0. The molecule has 0 spiro atoms. The summed E-state index contributed by atoms with van der Waals surface area (Å²) >= 11 is 0. The predicted molar refractivity (Wildman–Crippen MR) is 66.7 cm³/mol. The largest absolute Gasteiger partial charge is 0.358 e. The zero-order valence-electron chi connectivity index (χ0n) is 9.62. The zero-order chi connectivity index (χ0) is 11.4. The van der Waals surface area contributed by atoms with Gasteiger partial charge in [-0.25, -0.2) is 0 Å². The van der Waals surface area contributed by atoms with E-state index in [1.54, 1.807) is 0 Å². The van der Waals surface area contributed by atoms with Crippen LogP contribution in [0.15, 0.2) is 24.3 Å². The SMILES string of the molecule is Cc1[nH]c2ccccc2c1CCCCC=O. The second kappa shape index (κ2) is 4.97. The number of unbranched alkanes of at least 4 members (excludes halogenated alkanes) is 2. The van der Waals surface area contributed by atoms with Gasteiger partial charge in [0, 0.05) is 23.0 Å². The maximum Gasteiger partial charge on any atom is 0.119 e. The van der Waals surface area contributed by atoms with E-state index >= 15 is 0 Å². The van der Waals surface area contributed by atoms with Gasteiger partial charge in [-0.3, -0.25) is 0 Å². The van der Waals surface area contributed by atoms with E-state index in [1.165, 1.54) is 22.2 Å². The third-order valence-corrected chi connectivity index (χ3v) is 3.03. The van der Waals surface area contributed by atoms with E-state index in [0.29, 0.717) is 6.42 Å². The van der Waals surface area contributed by atoms with Crippen LogP contribution in [0.1, 0.15) is 30.5 Å². The van der Waals surface area contributed by atoms with Gasteiger partial charge in [0.15, 0.2) is 0 Å². The molecule has 0 fully saturated rings. The molecular weight excluding hydrogens is 198 g/mol. The fraction of sp³-hybridized carbons (Fsp3) is 0.357. The molecule has 0 aliphatic heterocycles. The number of aldehydes is 1. The van der Waals surface area contributed by atoms with Crippen LogP contribution in [-0.2, 0) is 11.2 Å². The third-order valence-electron chi connectivity index (χ3n) is 3.03. The number of rotatable bonds is 5. The van der Waals surface area contributed by atoms with E-state index in [2.05, 4.69) is 36.2 Å². The van der Waals surface area contributed by atoms with Gasteiger partial charge in [-0.1, -0.05) is 18.2 Å². The third kappa shape index (κ3) is 2.16. The van der Waals surface area contributed by atoms with Crippen LogP contribution in [0.3, 0.4) is 0 Å². The molecule has 2 rings (SSSR count). The molecule has 0 amide bonds. The monoisotopic (exact) mass is 215 g/mol. The maximum absolute atomic E-state index is 10.2. The molecule has 1 aromatic carbocycles. The highest BCUT2D eigenvalue weighted by molar-refractivity contribution is 5.84. The Hall–Kier alpha value is -1.57. The number of carbonyl (C=O) groups excluding carboxylic acids is 1. The Bertz CT molecular complexity index is 484. The first kappa shape index (κ1) is 10.9. The average Bonchev–Trinajstić information content (AvgIpc) is 2.61. The first-order valence-electron chi connectivity index (χ1n) is 5.82. The smallest absolute Gasteiger partial charge is 0.119 e. The van der Waals surface area contributed by atoms with Gasteiger partial charge in [-0.2, -0.15) is 0 Å². The summed E-state index contributed by atoms with van der Waals surface area (Å²) in [5.74, 6) is 0. The number of para-hydroxylation sites is 1. The van der Waals surface area contributed by atoms with E-state index < -0.39 is 0 Å². The predicted octanol–water partition coefficient (Wildman–Crippen LogP) is 3.39. The van der Waals surface area contributed by atoms with Crippen LogP contribution < -0.4 is 0 Å². The molecular formula is C14H17NO. The summed E-state index contributed by atoms with van der Waals surface area (Å²) in [7, 11) is 0. The van der Waals surface area contributed by atoms with Gasteiger partial charge in [0.05, 0.1) is 0 Å². The fourth-order valence-corrected chi connectivity index (χ4v) is 2.19. The summed E-state index contributed by atoms with van der Waals surface area (Å²) in [5, 5.41) is 1.33.